The highest BCUT2D eigenvalue weighted by atomic mass is 16.1. The molecule has 0 spiro atoms. The van der Waals surface area contributed by atoms with E-state index in [0.717, 1.165) is 0 Å². The fraction of sp³-hybridized carbons (Fsp3) is 0.111. The van der Waals surface area contributed by atoms with Crippen LogP contribution in [0.2, 0.25) is 0 Å². The molecule has 13 heavy (non-hydrogen) atoms. The van der Waals surface area contributed by atoms with Gasteiger partial charge in [0.1, 0.15) is 5.82 Å². The summed E-state index contributed by atoms with van der Waals surface area (Å²) in [7, 11) is 0. The number of terminal acetylenes is 1. The number of nitrogens with two attached hydrogens (primary N) is 1. The van der Waals surface area contributed by atoms with Gasteiger partial charge in [-0.25, -0.2) is 4.98 Å². The van der Waals surface area contributed by atoms with Crippen LogP contribution in [0, 0.1) is 12.3 Å². The smallest absolute Gasteiger partial charge is 0.250 e. The van der Waals surface area contributed by atoms with Crippen LogP contribution in [0.4, 0.5) is 5.82 Å². The summed E-state index contributed by atoms with van der Waals surface area (Å²) >= 11 is 0. The van der Waals surface area contributed by atoms with Crippen LogP contribution in [-0.4, -0.2) is 17.4 Å². The lowest BCUT2D eigenvalue weighted by molar-refractivity contribution is 0.1000. The van der Waals surface area contributed by atoms with Gasteiger partial charge in [0.05, 0.1) is 12.1 Å². The standard InChI is InChI=1S/C9H9N3O/c1-2-5-11-8-4-3-7(6-12-8)9(10)13/h1,3-4,6H,5H2,(H2,10,13)(H,11,12). The molecular weight excluding hydrogens is 166 g/mol. The van der Waals surface area contributed by atoms with Gasteiger partial charge in [-0.3, -0.25) is 4.79 Å². The van der Waals surface area contributed by atoms with E-state index in [2.05, 4.69) is 16.2 Å². The van der Waals surface area contributed by atoms with Crippen LogP contribution >= 0.6 is 0 Å². The Morgan fingerprint density at radius 2 is 2.46 bits per heavy atom. The lowest BCUT2D eigenvalue weighted by Crippen LogP contribution is -2.11. The molecule has 1 heterocycles. The third kappa shape index (κ3) is 2.49. The molecule has 4 heteroatoms. The van der Waals surface area contributed by atoms with Crippen molar-refractivity contribution in [1.82, 2.24) is 4.98 Å². The summed E-state index contributed by atoms with van der Waals surface area (Å²) in [6.07, 6.45) is 6.44. The van der Waals surface area contributed by atoms with Gasteiger partial charge in [0.2, 0.25) is 5.91 Å². The monoisotopic (exact) mass is 175 g/mol. The Morgan fingerprint density at radius 3 is 2.92 bits per heavy atom. The van der Waals surface area contributed by atoms with E-state index in [1.807, 2.05) is 0 Å². The molecular formula is C9H9N3O. The zero-order valence-electron chi connectivity index (χ0n) is 6.95. The molecule has 0 atom stereocenters. The van der Waals surface area contributed by atoms with Crippen molar-refractivity contribution in [3.05, 3.63) is 23.9 Å². The van der Waals surface area contributed by atoms with Crippen molar-refractivity contribution in [3.8, 4) is 12.3 Å². The van der Waals surface area contributed by atoms with Gasteiger partial charge < -0.3 is 11.1 Å². The minimum Gasteiger partial charge on any atom is -0.366 e. The number of carbonyl (C=O) groups is 1. The molecule has 0 bridgehead atoms. The first-order chi connectivity index (χ1) is 6.24. The molecule has 1 aromatic heterocycles. The van der Waals surface area contributed by atoms with E-state index in [4.69, 9.17) is 12.2 Å². The fourth-order valence-electron chi connectivity index (χ4n) is 0.786. The average Bonchev–Trinajstić information content (AvgIpc) is 2.15. The van der Waals surface area contributed by atoms with E-state index >= 15 is 0 Å². The summed E-state index contributed by atoms with van der Waals surface area (Å²) < 4.78 is 0. The molecule has 1 rings (SSSR count). The number of anilines is 1. The number of nitrogens with one attached hydrogen (secondary N) is 1. The second-order valence-corrected chi connectivity index (χ2v) is 2.35. The molecule has 3 N–H and O–H groups in total. The highest BCUT2D eigenvalue weighted by Crippen LogP contribution is 2.03. The second kappa shape index (κ2) is 4.12. The molecule has 0 fully saturated rings. The normalized spacial score (nSPS) is 8.85. The Kier molecular flexibility index (Phi) is 2.87. The maximum Gasteiger partial charge on any atom is 0.250 e. The van der Waals surface area contributed by atoms with Gasteiger partial charge in [0, 0.05) is 6.20 Å². The number of rotatable bonds is 3. The molecule has 0 aliphatic heterocycles. The number of amides is 1. The van der Waals surface area contributed by atoms with Crippen molar-refractivity contribution in [1.29, 1.82) is 0 Å². The van der Waals surface area contributed by atoms with Crippen molar-refractivity contribution in [2.45, 2.75) is 0 Å². The Labute approximate surface area is 76.2 Å². The molecule has 1 aromatic rings. The summed E-state index contributed by atoms with van der Waals surface area (Å²) in [5, 5.41) is 2.86. The Balaban J connectivity index is 2.71. The summed E-state index contributed by atoms with van der Waals surface area (Å²) in [6.45, 7) is 0.406. The van der Waals surface area contributed by atoms with Gasteiger partial charge in [0.15, 0.2) is 0 Å². The zero-order valence-corrected chi connectivity index (χ0v) is 6.95. The topological polar surface area (TPSA) is 68.0 Å². The largest absolute Gasteiger partial charge is 0.366 e. The predicted octanol–water partition coefficient (Wildman–Crippen LogP) is 0.226. The Hall–Kier alpha value is -2.02. The first-order valence-electron chi connectivity index (χ1n) is 3.67. The molecule has 0 aliphatic rings. The molecule has 1 amide bonds. The van der Waals surface area contributed by atoms with Crippen LogP contribution in [0.1, 0.15) is 10.4 Å². The Morgan fingerprint density at radius 1 is 1.69 bits per heavy atom. The second-order valence-electron chi connectivity index (χ2n) is 2.35. The van der Waals surface area contributed by atoms with Gasteiger partial charge >= 0.3 is 0 Å². The van der Waals surface area contributed by atoms with Crippen LogP contribution in [0.25, 0.3) is 0 Å². The lowest BCUT2D eigenvalue weighted by atomic mass is 10.3. The molecule has 0 aliphatic carbocycles. The molecule has 4 nitrogen and oxygen atoms in total. The van der Waals surface area contributed by atoms with Crippen LogP contribution in [0.15, 0.2) is 18.3 Å². The molecule has 66 valence electrons. The van der Waals surface area contributed by atoms with E-state index in [-0.39, 0.29) is 0 Å². The average molecular weight is 175 g/mol. The van der Waals surface area contributed by atoms with Crippen LogP contribution in [0.5, 0.6) is 0 Å². The predicted molar refractivity (Wildman–Crippen MR) is 50.1 cm³/mol. The summed E-state index contributed by atoms with van der Waals surface area (Å²) in [4.78, 5) is 14.6. The quantitative estimate of drug-likeness (QED) is 0.646. The van der Waals surface area contributed by atoms with E-state index in [0.29, 0.717) is 17.9 Å². The fourth-order valence-corrected chi connectivity index (χ4v) is 0.786. The summed E-state index contributed by atoms with van der Waals surface area (Å²) in [5.74, 6) is 2.55. The number of hydrogen-bond acceptors (Lipinski definition) is 3. The first kappa shape index (κ1) is 9.07. The van der Waals surface area contributed by atoms with Crippen molar-refractivity contribution >= 4 is 11.7 Å². The minimum absolute atomic E-state index is 0.381. The minimum atomic E-state index is -0.490. The molecule has 0 aromatic carbocycles. The highest BCUT2D eigenvalue weighted by Gasteiger charge is 1.99. The zero-order chi connectivity index (χ0) is 9.68. The lowest BCUT2D eigenvalue weighted by Gasteiger charge is -2.00. The molecule has 0 radical (unpaired) electrons. The van der Waals surface area contributed by atoms with E-state index < -0.39 is 5.91 Å². The summed E-state index contributed by atoms with van der Waals surface area (Å²) in [5.41, 5.74) is 5.41. The Bertz CT molecular complexity index is 337. The number of pyridine rings is 1. The third-order valence-corrected chi connectivity index (χ3v) is 1.42. The number of aromatic nitrogens is 1. The highest BCUT2D eigenvalue weighted by molar-refractivity contribution is 5.92. The van der Waals surface area contributed by atoms with Crippen molar-refractivity contribution < 1.29 is 4.79 Å². The maximum absolute atomic E-state index is 10.7. The third-order valence-electron chi connectivity index (χ3n) is 1.42. The van der Waals surface area contributed by atoms with Crippen LogP contribution in [0.3, 0.4) is 0 Å². The van der Waals surface area contributed by atoms with E-state index in [1.54, 1.807) is 12.1 Å². The van der Waals surface area contributed by atoms with Gasteiger partial charge in [-0.2, -0.15) is 0 Å². The van der Waals surface area contributed by atoms with Gasteiger partial charge in [-0.15, -0.1) is 6.42 Å². The van der Waals surface area contributed by atoms with Gasteiger partial charge in [-0.05, 0) is 12.1 Å². The molecule has 0 saturated heterocycles. The number of primary amides is 1. The van der Waals surface area contributed by atoms with Crippen LogP contribution < -0.4 is 11.1 Å². The van der Waals surface area contributed by atoms with Crippen LogP contribution in [-0.2, 0) is 0 Å². The van der Waals surface area contributed by atoms with E-state index in [1.165, 1.54) is 6.20 Å². The first-order valence-corrected chi connectivity index (χ1v) is 3.67. The molecule has 0 unspecified atom stereocenters. The van der Waals surface area contributed by atoms with Gasteiger partial charge in [0.25, 0.3) is 0 Å². The number of hydrogen-bond donors (Lipinski definition) is 2. The van der Waals surface area contributed by atoms with Crippen molar-refractivity contribution in [3.63, 3.8) is 0 Å². The molecule has 0 saturated carbocycles. The summed E-state index contributed by atoms with van der Waals surface area (Å²) in [6, 6.07) is 3.24. The van der Waals surface area contributed by atoms with Gasteiger partial charge in [-0.1, -0.05) is 5.92 Å². The number of nitrogens with zero attached hydrogens (tertiary/aromatic N) is 1. The van der Waals surface area contributed by atoms with Crippen molar-refractivity contribution in [2.24, 2.45) is 5.73 Å². The van der Waals surface area contributed by atoms with Crippen molar-refractivity contribution in [2.75, 3.05) is 11.9 Å². The number of carbonyl (C=O) groups excluding carboxylic acids is 1. The maximum atomic E-state index is 10.7. The van der Waals surface area contributed by atoms with E-state index in [9.17, 15) is 4.79 Å². The SMILES string of the molecule is C#CCNc1ccc(C(N)=O)cn1.